The zero-order valence-corrected chi connectivity index (χ0v) is 14.7. The Hall–Kier alpha value is -1.75. The van der Waals surface area contributed by atoms with Gasteiger partial charge < -0.3 is 15.0 Å². The highest BCUT2D eigenvalue weighted by atomic mass is 35.5. The molecule has 1 saturated heterocycles. The number of benzene rings is 2. The van der Waals surface area contributed by atoms with Gasteiger partial charge in [-0.3, -0.25) is 4.79 Å². The molecule has 128 valence electrons. The van der Waals surface area contributed by atoms with Crippen LogP contribution in [0.1, 0.15) is 11.7 Å². The summed E-state index contributed by atoms with van der Waals surface area (Å²) in [5.74, 6) is 0.624. The highest BCUT2D eigenvalue weighted by Crippen LogP contribution is 2.25. The molecule has 2 aromatic rings. The van der Waals surface area contributed by atoms with Gasteiger partial charge in [-0.05, 0) is 24.3 Å². The fourth-order valence-corrected chi connectivity index (χ4v) is 2.72. The van der Waals surface area contributed by atoms with Crippen molar-refractivity contribution < 1.29 is 9.53 Å². The lowest BCUT2D eigenvalue weighted by atomic mass is 10.1. The van der Waals surface area contributed by atoms with Crippen LogP contribution in [-0.4, -0.2) is 37.0 Å². The van der Waals surface area contributed by atoms with Crippen LogP contribution < -0.4 is 10.1 Å². The van der Waals surface area contributed by atoms with Crippen LogP contribution in [-0.2, 0) is 4.79 Å². The molecule has 0 spiro atoms. The topological polar surface area (TPSA) is 41.6 Å². The second kappa shape index (κ2) is 8.92. The van der Waals surface area contributed by atoms with Crippen LogP contribution in [0.2, 0.25) is 5.02 Å². The van der Waals surface area contributed by atoms with E-state index in [2.05, 4.69) is 5.32 Å². The van der Waals surface area contributed by atoms with E-state index in [-0.39, 0.29) is 18.3 Å². The third-order valence-corrected chi connectivity index (χ3v) is 4.07. The van der Waals surface area contributed by atoms with Gasteiger partial charge in [-0.2, -0.15) is 0 Å². The molecular weight excluding hydrogens is 347 g/mol. The Bertz CT molecular complexity index is 644. The summed E-state index contributed by atoms with van der Waals surface area (Å²) in [6, 6.07) is 16.7. The number of hydrogen-bond acceptors (Lipinski definition) is 3. The van der Waals surface area contributed by atoms with E-state index < -0.39 is 6.10 Å². The first-order valence-corrected chi connectivity index (χ1v) is 8.08. The van der Waals surface area contributed by atoms with Crippen LogP contribution in [0.15, 0.2) is 54.6 Å². The highest BCUT2D eigenvalue weighted by Gasteiger charge is 2.28. The maximum absolute atomic E-state index is 12.9. The Morgan fingerprint density at radius 3 is 2.29 bits per heavy atom. The van der Waals surface area contributed by atoms with Gasteiger partial charge in [0.2, 0.25) is 6.10 Å². The molecule has 1 atom stereocenters. The summed E-state index contributed by atoms with van der Waals surface area (Å²) in [5, 5.41) is 3.90. The molecular formula is C18H20Cl2N2O2. The molecule has 1 aliphatic rings. The van der Waals surface area contributed by atoms with Crippen LogP contribution >= 0.6 is 24.0 Å². The molecule has 0 radical (unpaired) electrons. The van der Waals surface area contributed by atoms with Gasteiger partial charge in [0.05, 0.1) is 0 Å². The molecule has 0 aliphatic carbocycles. The van der Waals surface area contributed by atoms with Crippen molar-refractivity contribution in [3.63, 3.8) is 0 Å². The fourth-order valence-electron chi connectivity index (χ4n) is 2.59. The Labute approximate surface area is 153 Å². The molecule has 24 heavy (non-hydrogen) atoms. The van der Waals surface area contributed by atoms with Crippen LogP contribution in [0.3, 0.4) is 0 Å². The number of carbonyl (C=O) groups excluding carboxylic acids is 1. The van der Waals surface area contributed by atoms with Crippen molar-refractivity contribution >= 4 is 29.9 Å². The normalized spacial score (nSPS) is 15.3. The smallest absolute Gasteiger partial charge is 0.268 e. The number of halogens is 2. The predicted octanol–water partition coefficient (Wildman–Crippen LogP) is 3.31. The summed E-state index contributed by atoms with van der Waals surface area (Å²) in [4.78, 5) is 14.8. The van der Waals surface area contributed by atoms with Gasteiger partial charge >= 0.3 is 0 Å². The maximum Gasteiger partial charge on any atom is 0.268 e. The number of nitrogens with one attached hydrogen (secondary N) is 1. The Morgan fingerprint density at radius 1 is 1.04 bits per heavy atom. The number of piperazine rings is 1. The van der Waals surface area contributed by atoms with E-state index in [9.17, 15) is 4.79 Å². The molecule has 0 aromatic heterocycles. The Balaban J connectivity index is 0.00000208. The molecule has 4 nitrogen and oxygen atoms in total. The van der Waals surface area contributed by atoms with E-state index in [1.165, 1.54) is 0 Å². The lowest BCUT2D eigenvalue weighted by Gasteiger charge is -2.31. The van der Waals surface area contributed by atoms with Crippen LogP contribution in [0, 0.1) is 0 Å². The quantitative estimate of drug-likeness (QED) is 0.902. The standard InChI is InChI=1S/C18H19ClN2O2.ClH/c19-15-6-8-16(9-7-15)23-17(14-4-2-1-3-5-14)18(22)21-12-10-20-11-13-21;/h1-9,17,20H,10-13H2;1H. The minimum absolute atomic E-state index is 0. The second-order valence-electron chi connectivity index (χ2n) is 5.44. The van der Waals surface area contributed by atoms with Crippen LogP contribution in [0.4, 0.5) is 0 Å². The Kier molecular flexibility index (Phi) is 6.91. The van der Waals surface area contributed by atoms with Gasteiger partial charge in [-0.25, -0.2) is 0 Å². The summed E-state index contributed by atoms with van der Waals surface area (Å²) in [7, 11) is 0. The largest absolute Gasteiger partial charge is 0.476 e. The van der Waals surface area contributed by atoms with Crippen molar-refractivity contribution in [2.24, 2.45) is 0 Å². The molecule has 1 aliphatic heterocycles. The SMILES string of the molecule is Cl.O=C(C(Oc1ccc(Cl)cc1)c1ccccc1)N1CCNCC1. The first kappa shape index (κ1) is 18.6. The summed E-state index contributed by atoms with van der Waals surface area (Å²) in [6.45, 7) is 3.03. The van der Waals surface area contributed by atoms with Gasteiger partial charge in [0.15, 0.2) is 0 Å². The third kappa shape index (κ3) is 4.63. The van der Waals surface area contributed by atoms with Crippen molar-refractivity contribution in [1.29, 1.82) is 0 Å². The van der Waals surface area contributed by atoms with Gasteiger partial charge in [-0.1, -0.05) is 41.9 Å². The number of ether oxygens (including phenoxy) is 1. The molecule has 1 heterocycles. The number of amides is 1. The molecule has 1 N–H and O–H groups in total. The number of carbonyl (C=O) groups is 1. The van der Waals surface area contributed by atoms with E-state index in [4.69, 9.17) is 16.3 Å². The summed E-state index contributed by atoms with van der Waals surface area (Å²) in [5.41, 5.74) is 0.853. The minimum atomic E-state index is -0.643. The van der Waals surface area contributed by atoms with E-state index >= 15 is 0 Å². The molecule has 1 unspecified atom stereocenters. The van der Waals surface area contributed by atoms with Crippen molar-refractivity contribution in [2.75, 3.05) is 26.2 Å². The number of hydrogen-bond donors (Lipinski definition) is 1. The van der Waals surface area contributed by atoms with E-state index in [0.717, 1.165) is 18.7 Å². The van der Waals surface area contributed by atoms with Crippen molar-refractivity contribution in [3.8, 4) is 5.75 Å². The van der Waals surface area contributed by atoms with Crippen molar-refractivity contribution in [3.05, 3.63) is 65.2 Å². The lowest BCUT2D eigenvalue weighted by Crippen LogP contribution is -2.48. The average molecular weight is 367 g/mol. The summed E-state index contributed by atoms with van der Waals surface area (Å²) in [6.07, 6.45) is -0.643. The monoisotopic (exact) mass is 366 g/mol. The van der Waals surface area contributed by atoms with E-state index in [0.29, 0.717) is 23.9 Å². The second-order valence-corrected chi connectivity index (χ2v) is 5.87. The molecule has 2 aromatic carbocycles. The average Bonchev–Trinajstić information content (AvgIpc) is 2.62. The maximum atomic E-state index is 12.9. The zero-order valence-electron chi connectivity index (χ0n) is 13.2. The molecule has 0 saturated carbocycles. The van der Waals surface area contributed by atoms with Gasteiger partial charge in [0.1, 0.15) is 5.75 Å². The molecule has 3 rings (SSSR count). The van der Waals surface area contributed by atoms with Crippen LogP contribution in [0.25, 0.3) is 0 Å². The van der Waals surface area contributed by atoms with E-state index in [1.54, 1.807) is 24.3 Å². The van der Waals surface area contributed by atoms with Gasteiger partial charge in [0, 0.05) is 36.8 Å². The summed E-state index contributed by atoms with van der Waals surface area (Å²) >= 11 is 5.91. The van der Waals surface area contributed by atoms with E-state index in [1.807, 2.05) is 35.2 Å². The Morgan fingerprint density at radius 2 is 1.67 bits per heavy atom. The highest BCUT2D eigenvalue weighted by molar-refractivity contribution is 6.30. The predicted molar refractivity (Wildman–Crippen MR) is 98.0 cm³/mol. The zero-order chi connectivity index (χ0) is 16.1. The molecule has 1 fully saturated rings. The van der Waals surface area contributed by atoms with Crippen LogP contribution in [0.5, 0.6) is 5.75 Å². The molecule has 0 bridgehead atoms. The van der Waals surface area contributed by atoms with Crippen molar-refractivity contribution in [1.82, 2.24) is 10.2 Å². The fraction of sp³-hybridized carbons (Fsp3) is 0.278. The molecule has 1 amide bonds. The van der Waals surface area contributed by atoms with Crippen molar-refractivity contribution in [2.45, 2.75) is 6.10 Å². The number of rotatable bonds is 4. The molecule has 6 heteroatoms. The number of nitrogens with zero attached hydrogens (tertiary/aromatic N) is 1. The lowest BCUT2D eigenvalue weighted by molar-refractivity contribution is -0.139. The summed E-state index contributed by atoms with van der Waals surface area (Å²) < 4.78 is 6.00. The minimum Gasteiger partial charge on any atom is -0.476 e. The first-order valence-electron chi connectivity index (χ1n) is 7.71. The third-order valence-electron chi connectivity index (χ3n) is 3.82. The van der Waals surface area contributed by atoms with Gasteiger partial charge in [0.25, 0.3) is 5.91 Å². The van der Waals surface area contributed by atoms with Gasteiger partial charge in [-0.15, -0.1) is 12.4 Å². The first-order chi connectivity index (χ1) is 11.2.